The Morgan fingerprint density at radius 3 is 2.53 bits per heavy atom. The molecule has 1 aliphatic rings. The van der Waals surface area contributed by atoms with E-state index in [2.05, 4.69) is 5.32 Å². The van der Waals surface area contributed by atoms with Crippen LogP contribution < -0.4 is 15.0 Å². The maximum atomic E-state index is 12.7. The van der Waals surface area contributed by atoms with Crippen LogP contribution in [0.5, 0.6) is 5.75 Å². The summed E-state index contributed by atoms with van der Waals surface area (Å²) >= 11 is 11.7. The number of halogens is 1. The van der Waals surface area contributed by atoms with Crippen LogP contribution in [0.3, 0.4) is 0 Å². The number of non-ortho nitro benzene ring substituents is 1. The normalized spacial score (nSPS) is 13.7. The first-order chi connectivity index (χ1) is 14.3. The van der Waals surface area contributed by atoms with Gasteiger partial charge in [-0.3, -0.25) is 20.2 Å². The number of nitro groups is 1. The zero-order valence-corrected chi connectivity index (χ0v) is 18.1. The molecule has 0 spiro atoms. The molecule has 2 aromatic rings. The number of thiocarbonyl (C=S) groups is 1. The number of anilines is 1. The first-order valence-corrected chi connectivity index (χ1v) is 10.0. The molecule has 8 nitrogen and oxygen atoms in total. The largest absolute Gasteiger partial charge is 0.496 e. The molecule has 0 aromatic heterocycles. The van der Waals surface area contributed by atoms with Gasteiger partial charge in [-0.15, -0.1) is 0 Å². The number of hydrogen-bond acceptors (Lipinski definition) is 6. The fraction of sp³-hybridized carbons (Fsp3) is 0.300. The number of aryl methyl sites for hydroxylation is 1. The Balaban J connectivity index is 1.61. The van der Waals surface area contributed by atoms with Gasteiger partial charge in [-0.2, -0.15) is 0 Å². The summed E-state index contributed by atoms with van der Waals surface area (Å²) in [4.78, 5) is 27.0. The molecule has 0 atom stereocenters. The molecule has 10 heteroatoms. The fourth-order valence-corrected chi connectivity index (χ4v) is 3.93. The molecule has 0 saturated carbocycles. The van der Waals surface area contributed by atoms with Crippen LogP contribution >= 0.6 is 23.8 Å². The number of para-hydroxylation sites is 1. The molecule has 1 saturated heterocycles. The van der Waals surface area contributed by atoms with Crippen LogP contribution in [0.1, 0.15) is 15.9 Å². The number of piperazine rings is 1. The van der Waals surface area contributed by atoms with Gasteiger partial charge in [-0.1, -0.05) is 23.7 Å². The second kappa shape index (κ2) is 9.27. The molecule has 2 aromatic carbocycles. The highest BCUT2D eigenvalue weighted by molar-refractivity contribution is 7.80. The van der Waals surface area contributed by atoms with Crippen LogP contribution in [-0.4, -0.2) is 54.1 Å². The Morgan fingerprint density at radius 1 is 1.23 bits per heavy atom. The molecule has 1 heterocycles. The zero-order chi connectivity index (χ0) is 21.8. The number of hydrogen-bond donors (Lipinski definition) is 1. The van der Waals surface area contributed by atoms with Crippen LogP contribution in [0.4, 0.5) is 11.4 Å². The van der Waals surface area contributed by atoms with Crippen molar-refractivity contribution in [1.82, 2.24) is 10.2 Å². The highest BCUT2D eigenvalue weighted by Gasteiger charge is 2.23. The molecule has 1 fully saturated rings. The number of carbonyl (C=O) groups is 1. The van der Waals surface area contributed by atoms with Gasteiger partial charge in [0, 0.05) is 38.3 Å². The molecular weight excluding hydrogens is 428 g/mol. The Morgan fingerprint density at radius 2 is 1.93 bits per heavy atom. The van der Waals surface area contributed by atoms with E-state index in [0.717, 1.165) is 11.3 Å². The lowest BCUT2D eigenvalue weighted by molar-refractivity contribution is -0.384. The van der Waals surface area contributed by atoms with Gasteiger partial charge in [0.25, 0.3) is 11.6 Å². The number of nitrogens with zero attached hydrogens (tertiary/aromatic N) is 3. The Bertz CT molecular complexity index is 993. The third kappa shape index (κ3) is 4.63. The number of rotatable bonds is 4. The predicted octanol–water partition coefficient (Wildman–Crippen LogP) is 3.40. The van der Waals surface area contributed by atoms with Crippen molar-refractivity contribution in [1.29, 1.82) is 0 Å². The van der Waals surface area contributed by atoms with Gasteiger partial charge in [-0.05, 0) is 36.8 Å². The van der Waals surface area contributed by atoms with Gasteiger partial charge < -0.3 is 14.5 Å². The summed E-state index contributed by atoms with van der Waals surface area (Å²) in [6, 6.07) is 9.80. The number of nitro benzene ring substituents is 1. The fourth-order valence-electron chi connectivity index (χ4n) is 3.36. The highest BCUT2D eigenvalue weighted by Crippen LogP contribution is 2.30. The summed E-state index contributed by atoms with van der Waals surface area (Å²) in [6.45, 7) is 4.26. The molecule has 0 unspecified atom stereocenters. The molecular formula is C20H21ClN4O4S. The van der Waals surface area contributed by atoms with E-state index in [0.29, 0.717) is 47.6 Å². The number of carbonyl (C=O) groups excluding carboxylic acids is 1. The summed E-state index contributed by atoms with van der Waals surface area (Å²) in [5.41, 5.74) is 1.99. The van der Waals surface area contributed by atoms with Gasteiger partial charge in [-0.25, -0.2) is 0 Å². The molecule has 1 amide bonds. The Kier molecular flexibility index (Phi) is 6.73. The van der Waals surface area contributed by atoms with E-state index in [-0.39, 0.29) is 11.6 Å². The number of methoxy groups -OCH3 is 1. The number of amides is 1. The van der Waals surface area contributed by atoms with E-state index in [1.165, 1.54) is 19.2 Å². The molecule has 1 N–H and O–H groups in total. The van der Waals surface area contributed by atoms with Crippen LogP contribution in [-0.2, 0) is 0 Å². The summed E-state index contributed by atoms with van der Waals surface area (Å²) in [5, 5.41) is 14.3. The number of ether oxygens (including phenoxy) is 1. The van der Waals surface area contributed by atoms with E-state index in [9.17, 15) is 14.9 Å². The summed E-state index contributed by atoms with van der Waals surface area (Å²) in [6.07, 6.45) is 0. The van der Waals surface area contributed by atoms with Crippen molar-refractivity contribution in [3.05, 3.63) is 62.7 Å². The minimum Gasteiger partial charge on any atom is -0.496 e. The first-order valence-electron chi connectivity index (χ1n) is 9.24. The minimum atomic E-state index is -0.474. The van der Waals surface area contributed by atoms with E-state index >= 15 is 0 Å². The summed E-state index contributed by atoms with van der Waals surface area (Å²) < 4.78 is 5.34. The van der Waals surface area contributed by atoms with Crippen LogP contribution in [0.25, 0.3) is 0 Å². The number of nitrogens with one attached hydrogen (secondary N) is 1. The van der Waals surface area contributed by atoms with E-state index in [4.69, 9.17) is 28.6 Å². The van der Waals surface area contributed by atoms with Crippen molar-refractivity contribution in [2.75, 3.05) is 38.2 Å². The van der Waals surface area contributed by atoms with Crippen molar-refractivity contribution >= 4 is 46.2 Å². The minimum absolute atomic E-state index is 0.0437. The molecule has 0 radical (unpaired) electrons. The molecule has 30 heavy (non-hydrogen) atoms. The van der Waals surface area contributed by atoms with Crippen LogP contribution in [0.2, 0.25) is 5.02 Å². The molecule has 158 valence electrons. The highest BCUT2D eigenvalue weighted by atomic mass is 35.5. The second-order valence-electron chi connectivity index (χ2n) is 6.78. The SMILES string of the molecule is COc1c(C)cccc1C(=O)NC(=S)N1CCN(c2ccc([N+](=O)[O-])cc2Cl)CC1. The molecule has 0 bridgehead atoms. The maximum Gasteiger partial charge on any atom is 0.271 e. The smallest absolute Gasteiger partial charge is 0.271 e. The van der Waals surface area contributed by atoms with Crippen molar-refractivity contribution in [2.24, 2.45) is 0 Å². The van der Waals surface area contributed by atoms with Gasteiger partial charge in [0.1, 0.15) is 5.75 Å². The second-order valence-corrected chi connectivity index (χ2v) is 7.58. The molecule has 0 aliphatic carbocycles. The van der Waals surface area contributed by atoms with E-state index in [1.807, 2.05) is 22.8 Å². The lowest BCUT2D eigenvalue weighted by atomic mass is 10.1. The van der Waals surface area contributed by atoms with Gasteiger partial charge >= 0.3 is 0 Å². The quantitative estimate of drug-likeness (QED) is 0.435. The standard InChI is InChI=1S/C20H21ClN4O4S/c1-13-4-3-5-15(18(13)29-2)19(26)22-20(30)24-10-8-23(9-11-24)17-7-6-14(25(27)28)12-16(17)21/h3-7,12H,8-11H2,1-2H3,(H,22,26,30). The van der Waals surface area contributed by atoms with Gasteiger partial charge in [0.2, 0.25) is 0 Å². The average Bonchev–Trinajstić information content (AvgIpc) is 2.73. The third-order valence-electron chi connectivity index (χ3n) is 4.93. The monoisotopic (exact) mass is 448 g/mol. The molecule has 3 rings (SSSR count). The Labute approximate surface area is 184 Å². The maximum absolute atomic E-state index is 12.7. The Hall–Kier alpha value is -2.91. The van der Waals surface area contributed by atoms with Gasteiger partial charge in [0.15, 0.2) is 5.11 Å². The third-order valence-corrected chi connectivity index (χ3v) is 5.59. The predicted molar refractivity (Wildman–Crippen MR) is 120 cm³/mol. The van der Waals surface area contributed by atoms with Crippen molar-refractivity contribution in [3.63, 3.8) is 0 Å². The van der Waals surface area contributed by atoms with Crippen molar-refractivity contribution in [3.8, 4) is 5.75 Å². The summed E-state index contributed by atoms with van der Waals surface area (Å²) in [7, 11) is 1.53. The average molecular weight is 449 g/mol. The zero-order valence-electron chi connectivity index (χ0n) is 16.6. The lowest BCUT2D eigenvalue weighted by Crippen LogP contribution is -2.52. The summed E-state index contributed by atoms with van der Waals surface area (Å²) in [5.74, 6) is 0.205. The van der Waals surface area contributed by atoms with E-state index < -0.39 is 4.92 Å². The molecule has 1 aliphatic heterocycles. The van der Waals surface area contributed by atoms with Crippen LogP contribution in [0.15, 0.2) is 36.4 Å². The van der Waals surface area contributed by atoms with Crippen LogP contribution in [0, 0.1) is 17.0 Å². The first kappa shape index (κ1) is 21.8. The number of benzene rings is 2. The van der Waals surface area contributed by atoms with Gasteiger partial charge in [0.05, 0.1) is 28.3 Å². The lowest BCUT2D eigenvalue weighted by Gasteiger charge is -2.37. The topological polar surface area (TPSA) is 88.0 Å². The van der Waals surface area contributed by atoms with Crippen molar-refractivity contribution in [2.45, 2.75) is 6.92 Å². The van der Waals surface area contributed by atoms with E-state index in [1.54, 1.807) is 18.2 Å². The van der Waals surface area contributed by atoms with Crippen molar-refractivity contribution < 1.29 is 14.5 Å².